The number of piperidine rings is 1. The van der Waals surface area contributed by atoms with Crippen molar-refractivity contribution < 1.29 is 9.59 Å². The Kier molecular flexibility index (Phi) is 6.07. The van der Waals surface area contributed by atoms with Crippen LogP contribution in [0.1, 0.15) is 40.9 Å². The number of carbonyl (C=O) groups excluding carboxylic acids is 2. The van der Waals surface area contributed by atoms with Crippen LogP contribution in [-0.4, -0.2) is 34.8 Å². The highest BCUT2D eigenvalue weighted by molar-refractivity contribution is 6.05. The Labute approximate surface area is 176 Å². The van der Waals surface area contributed by atoms with Gasteiger partial charge >= 0.3 is 0 Å². The molecule has 2 amide bonds. The number of hydrogen-bond donors (Lipinski definition) is 1. The maximum atomic E-state index is 13.1. The van der Waals surface area contributed by atoms with Crippen molar-refractivity contribution in [3.63, 3.8) is 0 Å². The highest BCUT2D eigenvalue weighted by Gasteiger charge is 2.25. The molecule has 30 heavy (non-hydrogen) atoms. The van der Waals surface area contributed by atoms with E-state index in [1.54, 1.807) is 6.20 Å². The number of likely N-dealkylation sites (tertiary alicyclic amines) is 1. The molecule has 2 heterocycles. The molecule has 0 spiro atoms. The van der Waals surface area contributed by atoms with Gasteiger partial charge in [0.15, 0.2) is 0 Å². The minimum absolute atomic E-state index is 0.0315. The molecule has 0 atom stereocenters. The molecule has 5 heteroatoms. The van der Waals surface area contributed by atoms with Gasteiger partial charge in [-0.25, -0.2) is 0 Å². The van der Waals surface area contributed by atoms with Gasteiger partial charge in [-0.2, -0.15) is 0 Å². The van der Waals surface area contributed by atoms with Crippen LogP contribution in [0.25, 0.3) is 10.8 Å². The third-order valence-electron chi connectivity index (χ3n) is 5.99. The van der Waals surface area contributed by atoms with E-state index >= 15 is 0 Å². The Morgan fingerprint density at radius 3 is 2.40 bits per heavy atom. The third-order valence-corrected chi connectivity index (χ3v) is 5.99. The average molecular weight is 402 g/mol. The molecule has 0 aliphatic carbocycles. The molecule has 1 aliphatic heterocycles. The lowest BCUT2D eigenvalue weighted by Gasteiger charge is -2.32. The Hall–Kier alpha value is -3.21. The second kappa shape index (κ2) is 9.08. The number of pyridine rings is 1. The van der Waals surface area contributed by atoms with E-state index in [0.717, 1.165) is 48.7 Å². The van der Waals surface area contributed by atoms with Crippen LogP contribution in [0.15, 0.2) is 60.8 Å². The van der Waals surface area contributed by atoms with E-state index in [-0.39, 0.29) is 11.8 Å². The molecule has 1 aliphatic rings. The van der Waals surface area contributed by atoms with E-state index in [1.807, 2.05) is 35.2 Å². The molecule has 1 saturated heterocycles. The predicted octanol–water partition coefficient (Wildman–Crippen LogP) is 3.75. The van der Waals surface area contributed by atoms with Crippen molar-refractivity contribution in [3.05, 3.63) is 77.6 Å². The highest BCUT2D eigenvalue weighted by Crippen LogP contribution is 2.25. The van der Waals surface area contributed by atoms with Gasteiger partial charge in [-0.1, -0.05) is 48.5 Å². The molecule has 2 aromatic carbocycles. The van der Waals surface area contributed by atoms with Crippen molar-refractivity contribution in [1.82, 2.24) is 9.88 Å². The van der Waals surface area contributed by atoms with Gasteiger partial charge in [-0.3, -0.25) is 14.6 Å². The second-order valence-electron chi connectivity index (χ2n) is 8.10. The largest absolute Gasteiger partial charge is 0.370 e. The van der Waals surface area contributed by atoms with Crippen molar-refractivity contribution in [2.75, 3.05) is 13.1 Å². The highest BCUT2D eigenvalue weighted by atomic mass is 16.2. The average Bonchev–Trinajstić information content (AvgIpc) is 2.78. The maximum absolute atomic E-state index is 13.1. The lowest BCUT2D eigenvalue weighted by molar-refractivity contribution is -0.117. The zero-order valence-corrected chi connectivity index (χ0v) is 17.1. The minimum Gasteiger partial charge on any atom is -0.370 e. The summed E-state index contributed by atoms with van der Waals surface area (Å²) in [5, 5.41) is 1.97. The molecule has 0 bridgehead atoms. The number of fused-ring (bicyclic) bond motifs is 1. The number of carbonyl (C=O) groups is 2. The van der Waals surface area contributed by atoms with Crippen LogP contribution in [0.4, 0.5) is 0 Å². The van der Waals surface area contributed by atoms with E-state index < -0.39 is 0 Å². The third kappa shape index (κ3) is 4.67. The first-order valence-corrected chi connectivity index (χ1v) is 10.6. The molecule has 2 N–H and O–H groups in total. The Bertz CT molecular complexity index is 1030. The quantitative estimate of drug-likeness (QED) is 0.683. The molecule has 0 saturated carbocycles. The van der Waals surface area contributed by atoms with Crippen LogP contribution in [0.2, 0.25) is 0 Å². The maximum Gasteiger partial charge on any atom is 0.273 e. The summed E-state index contributed by atoms with van der Waals surface area (Å²) >= 11 is 0. The van der Waals surface area contributed by atoms with Crippen LogP contribution >= 0.6 is 0 Å². The molecule has 154 valence electrons. The van der Waals surface area contributed by atoms with Crippen LogP contribution in [-0.2, 0) is 17.6 Å². The van der Waals surface area contributed by atoms with Gasteiger partial charge in [0.2, 0.25) is 5.91 Å². The summed E-state index contributed by atoms with van der Waals surface area (Å²) in [6, 6.07) is 18.3. The van der Waals surface area contributed by atoms with Crippen molar-refractivity contribution in [2.45, 2.75) is 32.1 Å². The summed E-state index contributed by atoms with van der Waals surface area (Å²) in [5.41, 5.74) is 8.22. The number of amides is 2. The first kappa shape index (κ1) is 20.1. The first-order chi connectivity index (χ1) is 14.6. The number of primary amides is 1. The number of hydrogen-bond acceptors (Lipinski definition) is 3. The van der Waals surface area contributed by atoms with E-state index in [9.17, 15) is 9.59 Å². The molecule has 1 aromatic heterocycles. The second-order valence-corrected chi connectivity index (χ2v) is 8.10. The number of nitrogens with two attached hydrogens (primary N) is 1. The van der Waals surface area contributed by atoms with E-state index in [0.29, 0.717) is 24.5 Å². The van der Waals surface area contributed by atoms with Gasteiger partial charge in [0.05, 0.1) is 0 Å². The molecule has 1 fully saturated rings. The molecule has 0 unspecified atom stereocenters. The number of nitrogens with zero attached hydrogens (tertiary/aromatic N) is 2. The normalized spacial score (nSPS) is 14.7. The molecule has 4 rings (SSSR count). The van der Waals surface area contributed by atoms with Crippen LogP contribution < -0.4 is 5.73 Å². The van der Waals surface area contributed by atoms with Crippen LogP contribution in [0.5, 0.6) is 0 Å². The van der Waals surface area contributed by atoms with Gasteiger partial charge in [0, 0.05) is 31.1 Å². The van der Waals surface area contributed by atoms with Gasteiger partial charge < -0.3 is 10.6 Å². The Morgan fingerprint density at radius 1 is 0.967 bits per heavy atom. The van der Waals surface area contributed by atoms with Gasteiger partial charge in [0.25, 0.3) is 5.91 Å². The minimum atomic E-state index is -0.265. The fraction of sp³-hybridized carbons (Fsp3) is 0.320. The fourth-order valence-electron chi connectivity index (χ4n) is 4.22. The smallest absolute Gasteiger partial charge is 0.273 e. The molecular formula is C25H27N3O2. The van der Waals surface area contributed by atoms with Gasteiger partial charge in [0.1, 0.15) is 5.69 Å². The number of aryl methyl sites for hydroxylation is 1. The zero-order chi connectivity index (χ0) is 20.9. The van der Waals surface area contributed by atoms with Crippen molar-refractivity contribution >= 4 is 22.6 Å². The summed E-state index contributed by atoms with van der Waals surface area (Å²) < 4.78 is 0. The van der Waals surface area contributed by atoms with Crippen LogP contribution in [0.3, 0.4) is 0 Å². The zero-order valence-electron chi connectivity index (χ0n) is 17.1. The van der Waals surface area contributed by atoms with Crippen LogP contribution in [0, 0.1) is 5.92 Å². The Balaban J connectivity index is 1.33. The summed E-state index contributed by atoms with van der Waals surface area (Å²) in [6.07, 6.45) is 5.82. The number of benzene rings is 2. The van der Waals surface area contributed by atoms with E-state index in [2.05, 4.69) is 29.2 Å². The Morgan fingerprint density at radius 2 is 1.67 bits per heavy atom. The van der Waals surface area contributed by atoms with E-state index in [1.165, 1.54) is 5.56 Å². The molecule has 3 aromatic rings. The van der Waals surface area contributed by atoms with Crippen molar-refractivity contribution in [3.8, 4) is 0 Å². The van der Waals surface area contributed by atoms with E-state index in [4.69, 9.17) is 5.73 Å². The van der Waals surface area contributed by atoms with Crippen molar-refractivity contribution in [2.24, 2.45) is 11.7 Å². The summed E-state index contributed by atoms with van der Waals surface area (Å²) in [4.78, 5) is 30.3. The monoisotopic (exact) mass is 401 g/mol. The van der Waals surface area contributed by atoms with Crippen molar-refractivity contribution in [1.29, 1.82) is 0 Å². The number of aromatic nitrogens is 1. The standard InChI is InChI=1S/C25H27N3O2/c26-23(29)10-9-18-5-7-19(8-6-18)17-20-12-15-28(16-13-20)25(30)24-22-4-2-1-3-21(22)11-14-27-24/h1-8,11,14,20H,9-10,12-13,15-17H2,(H2,26,29). The lowest BCUT2D eigenvalue weighted by Crippen LogP contribution is -2.39. The van der Waals surface area contributed by atoms with Gasteiger partial charge in [-0.05, 0) is 54.2 Å². The first-order valence-electron chi connectivity index (χ1n) is 10.6. The number of rotatable bonds is 6. The summed E-state index contributed by atoms with van der Waals surface area (Å²) in [7, 11) is 0. The predicted molar refractivity (Wildman–Crippen MR) is 118 cm³/mol. The lowest BCUT2D eigenvalue weighted by atomic mass is 9.89. The SMILES string of the molecule is NC(=O)CCc1ccc(CC2CCN(C(=O)c3nccc4ccccc34)CC2)cc1. The van der Waals surface area contributed by atoms with Gasteiger partial charge in [-0.15, -0.1) is 0 Å². The molecule has 5 nitrogen and oxygen atoms in total. The summed E-state index contributed by atoms with van der Waals surface area (Å²) in [6.45, 7) is 1.54. The summed E-state index contributed by atoms with van der Waals surface area (Å²) in [5.74, 6) is 0.342. The molecule has 0 radical (unpaired) electrons. The topological polar surface area (TPSA) is 76.3 Å². The fourth-order valence-corrected chi connectivity index (χ4v) is 4.22. The molecular weight excluding hydrogens is 374 g/mol.